The van der Waals surface area contributed by atoms with E-state index < -0.39 is 0 Å². The summed E-state index contributed by atoms with van der Waals surface area (Å²) in [6, 6.07) is 5.19. The van der Waals surface area contributed by atoms with Gasteiger partial charge in [-0.2, -0.15) is 0 Å². The predicted molar refractivity (Wildman–Crippen MR) is 97.6 cm³/mol. The SMILES string of the molecule is C=C(C)S/C(C(C)=O)=C(/Oc1ccc(N)cc1OC)C(C)CC. The summed E-state index contributed by atoms with van der Waals surface area (Å²) in [5.74, 6) is 1.76. The number of allylic oxidation sites excluding steroid dienone is 3. The number of anilines is 1. The molecule has 4 nitrogen and oxygen atoms in total. The lowest BCUT2D eigenvalue weighted by Crippen LogP contribution is -2.12. The molecule has 5 heteroatoms. The molecule has 0 radical (unpaired) electrons. The molecule has 0 heterocycles. The zero-order chi connectivity index (χ0) is 17.6. The molecule has 1 atom stereocenters. The molecule has 0 saturated carbocycles. The summed E-state index contributed by atoms with van der Waals surface area (Å²) in [6.45, 7) is 11.4. The summed E-state index contributed by atoms with van der Waals surface area (Å²) >= 11 is 1.34. The Morgan fingerprint density at radius 2 is 2.00 bits per heavy atom. The zero-order valence-corrected chi connectivity index (χ0v) is 15.3. The molecule has 0 bridgehead atoms. The highest BCUT2D eigenvalue weighted by Crippen LogP contribution is 2.37. The van der Waals surface area contributed by atoms with Gasteiger partial charge in [-0.25, -0.2) is 0 Å². The maximum absolute atomic E-state index is 12.1. The van der Waals surface area contributed by atoms with Gasteiger partial charge in [0, 0.05) is 17.7 Å². The number of hydrogen-bond acceptors (Lipinski definition) is 5. The number of benzene rings is 1. The summed E-state index contributed by atoms with van der Waals surface area (Å²) in [5.41, 5.74) is 6.37. The first kappa shape index (κ1) is 19.2. The first-order chi connectivity index (χ1) is 10.8. The van der Waals surface area contributed by atoms with E-state index in [-0.39, 0.29) is 11.7 Å². The van der Waals surface area contributed by atoms with Crippen LogP contribution in [0.5, 0.6) is 11.5 Å². The van der Waals surface area contributed by atoms with Crippen molar-refractivity contribution in [3.63, 3.8) is 0 Å². The third-order valence-electron chi connectivity index (χ3n) is 3.29. The van der Waals surface area contributed by atoms with E-state index in [0.717, 1.165) is 11.3 Å². The summed E-state index contributed by atoms with van der Waals surface area (Å²) in [7, 11) is 1.56. The Labute approximate surface area is 142 Å². The van der Waals surface area contributed by atoms with Gasteiger partial charge in [0.15, 0.2) is 17.3 Å². The lowest BCUT2D eigenvalue weighted by Gasteiger charge is -2.20. The van der Waals surface area contributed by atoms with E-state index in [2.05, 4.69) is 13.5 Å². The Hall–Kier alpha value is -1.88. The molecule has 1 rings (SSSR count). The summed E-state index contributed by atoms with van der Waals surface area (Å²) < 4.78 is 11.4. The largest absolute Gasteiger partial charge is 0.493 e. The van der Waals surface area contributed by atoms with Gasteiger partial charge >= 0.3 is 0 Å². The quantitative estimate of drug-likeness (QED) is 0.421. The van der Waals surface area contributed by atoms with Gasteiger partial charge < -0.3 is 15.2 Å². The highest BCUT2D eigenvalue weighted by Gasteiger charge is 2.21. The predicted octanol–water partition coefficient (Wildman–Crippen LogP) is 4.77. The fourth-order valence-electron chi connectivity index (χ4n) is 1.91. The second-order valence-electron chi connectivity index (χ2n) is 5.38. The molecule has 0 aliphatic rings. The molecule has 0 aliphatic carbocycles. The fraction of sp³-hybridized carbons (Fsp3) is 0.389. The summed E-state index contributed by atoms with van der Waals surface area (Å²) in [6.07, 6.45) is 0.847. The van der Waals surface area contributed by atoms with Crippen LogP contribution in [-0.4, -0.2) is 12.9 Å². The number of rotatable bonds is 8. The molecule has 126 valence electrons. The van der Waals surface area contributed by atoms with E-state index in [1.54, 1.807) is 25.3 Å². The van der Waals surface area contributed by atoms with Gasteiger partial charge in [-0.3, -0.25) is 4.79 Å². The molecule has 0 amide bonds. The van der Waals surface area contributed by atoms with Gasteiger partial charge in [0.2, 0.25) is 0 Å². The second-order valence-corrected chi connectivity index (χ2v) is 6.68. The van der Waals surface area contributed by atoms with E-state index in [1.807, 2.05) is 13.8 Å². The van der Waals surface area contributed by atoms with E-state index in [1.165, 1.54) is 18.7 Å². The number of carbonyl (C=O) groups excluding carboxylic acids is 1. The van der Waals surface area contributed by atoms with Crippen molar-refractivity contribution in [1.29, 1.82) is 0 Å². The Morgan fingerprint density at radius 3 is 2.48 bits per heavy atom. The van der Waals surface area contributed by atoms with Crippen LogP contribution in [0.3, 0.4) is 0 Å². The number of nitrogens with two attached hydrogens (primary N) is 1. The van der Waals surface area contributed by atoms with Crippen molar-refractivity contribution >= 4 is 23.2 Å². The molecule has 2 N–H and O–H groups in total. The number of ketones is 1. The number of nitrogen functional groups attached to an aromatic ring is 1. The lowest BCUT2D eigenvalue weighted by atomic mass is 10.1. The minimum Gasteiger partial charge on any atom is -0.493 e. The van der Waals surface area contributed by atoms with Crippen LogP contribution in [0.2, 0.25) is 0 Å². The molecule has 23 heavy (non-hydrogen) atoms. The van der Waals surface area contributed by atoms with Crippen LogP contribution in [0.25, 0.3) is 0 Å². The van der Waals surface area contributed by atoms with E-state index in [9.17, 15) is 4.79 Å². The van der Waals surface area contributed by atoms with Crippen molar-refractivity contribution in [2.45, 2.75) is 34.1 Å². The topological polar surface area (TPSA) is 61.5 Å². The molecule has 1 aromatic rings. The van der Waals surface area contributed by atoms with Crippen LogP contribution in [0.4, 0.5) is 5.69 Å². The third-order valence-corrected chi connectivity index (χ3v) is 4.33. The van der Waals surface area contributed by atoms with Crippen molar-refractivity contribution in [3.8, 4) is 11.5 Å². The monoisotopic (exact) mass is 335 g/mol. The van der Waals surface area contributed by atoms with Crippen LogP contribution in [-0.2, 0) is 4.79 Å². The van der Waals surface area contributed by atoms with Crippen molar-refractivity contribution in [1.82, 2.24) is 0 Å². The highest BCUT2D eigenvalue weighted by atomic mass is 32.2. The van der Waals surface area contributed by atoms with E-state index >= 15 is 0 Å². The Balaban J connectivity index is 3.37. The number of methoxy groups -OCH3 is 1. The van der Waals surface area contributed by atoms with Crippen molar-refractivity contribution in [2.75, 3.05) is 12.8 Å². The summed E-state index contributed by atoms with van der Waals surface area (Å²) in [4.78, 5) is 13.5. The standard InChI is InChI=1S/C18H25NO3S/c1-7-12(4)17(18(13(5)20)23-11(2)3)22-15-9-8-14(19)10-16(15)21-6/h8-10,12H,2,7,19H2,1,3-6H3/b18-17+. The number of hydrogen-bond donors (Lipinski definition) is 1. The molecule has 0 aromatic heterocycles. The fourth-order valence-corrected chi connectivity index (χ4v) is 2.75. The number of ether oxygens (including phenoxy) is 2. The molecule has 0 saturated heterocycles. The zero-order valence-electron chi connectivity index (χ0n) is 14.4. The van der Waals surface area contributed by atoms with Gasteiger partial charge in [0.25, 0.3) is 0 Å². The highest BCUT2D eigenvalue weighted by molar-refractivity contribution is 8.07. The third kappa shape index (κ3) is 5.36. The molecule has 0 aliphatic heterocycles. The van der Waals surface area contributed by atoms with Gasteiger partial charge in [-0.1, -0.05) is 32.2 Å². The Morgan fingerprint density at radius 1 is 1.35 bits per heavy atom. The molecule has 1 aromatic carbocycles. The second kappa shape index (κ2) is 8.67. The average molecular weight is 335 g/mol. The first-order valence-electron chi connectivity index (χ1n) is 7.49. The van der Waals surface area contributed by atoms with E-state index in [0.29, 0.717) is 27.9 Å². The number of Topliss-reactive ketones (excluding diaryl/α,β-unsaturated/α-hetero) is 1. The van der Waals surface area contributed by atoms with Crippen LogP contribution in [0.15, 0.2) is 40.3 Å². The van der Waals surface area contributed by atoms with Crippen LogP contribution >= 0.6 is 11.8 Å². The molecule has 0 fully saturated rings. The van der Waals surface area contributed by atoms with Gasteiger partial charge in [0.1, 0.15) is 5.76 Å². The number of thioether (sulfide) groups is 1. The van der Waals surface area contributed by atoms with Crippen molar-refractivity contribution < 1.29 is 14.3 Å². The normalized spacial score (nSPS) is 13.1. The van der Waals surface area contributed by atoms with Gasteiger partial charge in [0.05, 0.1) is 12.0 Å². The lowest BCUT2D eigenvalue weighted by molar-refractivity contribution is -0.113. The maximum Gasteiger partial charge on any atom is 0.169 e. The van der Waals surface area contributed by atoms with E-state index in [4.69, 9.17) is 15.2 Å². The minimum absolute atomic E-state index is 0.0392. The van der Waals surface area contributed by atoms with Crippen molar-refractivity contribution in [2.24, 2.45) is 5.92 Å². The molecular formula is C18H25NO3S. The Kier molecular flexibility index (Phi) is 7.23. The molecular weight excluding hydrogens is 310 g/mol. The number of carbonyl (C=O) groups is 1. The Bertz CT molecular complexity index is 623. The molecule has 1 unspecified atom stereocenters. The summed E-state index contributed by atoms with van der Waals surface area (Å²) in [5, 5.41) is 0. The van der Waals surface area contributed by atoms with Crippen LogP contribution in [0.1, 0.15) is 34.1 Å². The molecule has 0 spiro atoms. The van der Waals surface area contributed by atoms with Crippen molar-refractivity contribution in [3.05, 3.63) is 40.3 Å². The average Bonchev–Trinajstić information content (AvgIpc) is 2.50. The first-order valence-corrected chi connectivity index (χ1v) is 8.31. The van der Waals surface area contributed by atoms with Gasteiger partial charge in [-0.05, 0) is 37.3 Å². The maximum atomic E-state index is 12.1. The smallest absolute Gasteiger partial charge is 0.169 e. The van der Waals surface area contributed by atoms with Crippen LogP contribution < -0.4 is 15.2 Å². The minimum atomic E-state index is -0.0392. The van der Waals surface area contributed by atoms with Crippen LogP contribution in [0, 0.1) is 5.92 Å². The van der Waals surface area contributed by atoms with Gasteiger partial charge in [-0.15, -0.1) is 0 Å².